The summed E-state index contributed by atoms with van der Waals surface area (Å²) in [6.45, 7) is 0.0865. The van der Waals surface area contributed by atoms with Crippen molar-refractivity contribution in [3.8, 4) is 0 Å². The standard InChI is InChI=1S/C8H13F2N3O3S/c1-5-6(4-14)8(12-11-5)17(15,16)13(2)3-7(9)10/h7,14H,3-4H2,1-2H3,(H,11,12). The third kappa shape index (κ3) is 2.79. The summed E-state index contributed by atoms with van der Waals surface area (Å²) in [4.78, 5) is 0. The van der Waals surface area contributed by atoms with Crippen LogP contribution < -0.4 is 0 Å². The van der Waals surface area contributed by atoms with Crippen LogP contribution in [0.3, 0.4) is 0 Å². The van der Waals surface area contributed by atoms with Gasteiger partial charge in [0.25, 0.3) is 16.4 Å². The number of aliphatic hydroxyl groups is 1. The molecule has 17 heavy (non-hydrogen) atoms. The van der Waals surface area contributed by atoms with Crippen LogP contribution in [0.4, 0.5) is 8.78 Å². The summed E-state index contributed by atoms with van der Waals surface area (Å²) in [6.07, 6.45) is -2.77. The molecule has 1 aromatic rings. The van der Waals surface area contributed by atoms with Crippen molar-refractivity contribution in [2.75, 3.05) is 13.6 Å². The molecule has 0 aromatic carbocycles. The molecular formula is C8H13F2N3O3S. The van der Waals surface area contributed by atoms with Crippen LogP contribution in [0.5, 0.6) is 0 Å². The SMILES string of the molecule is Cc1[nH]nc(S(=O)(=O)N(C)CC(F)F)c1CO. The highest BCUT2D eigenvalue weighted by Crippen LogP contribution is 2.19. The van der Waals surface area contributed by atoms with Crippen molar-refractivity contribution in [1.82, 2.24) is 14.5 Å². The van der Waals surface area contributed by atoms with Crippen molar-refractivity contribution in [3.63, 3.8) is 0 Å². The number of hydrogen-bond donors (Lipinski definition) is 2. The second-order valence-corrected chi connectivity index (χ2v) is 5.43. The van der Waals surface area contributed by atoms with E-state index in [9.17, 15) is 17.2 Å². The van der Waals surface area contributed by atoms with Crippen molar-refractivity contribution < 1.29 is 22.3 Å². The molecule has 1 heterocycles. The monoisotopic (exact) mass is 269 g/mol. The molecule has 0 amide bonds. The molecule has 0 saturated carbocycles. The fraction of sp³-hybridized carbons (Fsp3) is 0.625. The van der Waals surface area contributed by atoms with Gasteiger partial charge in [-0.1, -0.05) is 0 Å². The quantitative estimate of drug-likeness (QED) is 0.793. The molecule has 0 atom stereocenters. The van der Waals surface area contributed by atoms with E-state index in [1.54, 1.807) is 0 Å². The second-order valence-electron chi connectivity index (χ2n) is 3.47. The summed E-state index contributed by atoms with van der Waals surface area (Å²) in [6, 6.07) is 0. The lowest BCUT2D eigenvalue weighted by Crippen LogP contribution is -2.32. The molecule has 0 fully saturated rings. The number of aromatic amines is 1. The molecule has 9 heteroatoms. The van der Waals surface area contributed by atoms with Crippen LogP contribution in [-0.2, 0) is 16.6 Å². The van der Waals surface area contributed by atoms with Gasteiger partial charge < -0.3 is 5.11 Å². The number of aliphatic hydroxyl groups excluding tert-OH is 1. The van der Waals surface area contributed by atoms with Gasteiger partial charge in [0.05, 0.1) is 13.2 Å². The largest absolute Gasteiger partial charge is 0.392 e. The molecule has 1 rings (SSSR count). The first-order valence-corrected chi connectivity index (χ1v) is 6.14. The van der Waals surface area contributed by atoms with E-state index in [2.05, 4.69) is 10.2 Å². The summed E-state index contributed by atoms with van der Waals surface area (Å²) in [5, 5.41) is 14.5. The summed E-state index contributed by atoms with van der Waals surface area (Å²) in [5.74, 6) is 0. The van der Waals surface area contributed by atoms with Gasteiger partial charge in [-0.05, 0) is 6.92 Å². The fourth-order valence-electron chi connectivity index (χ4n) is 1.27. The Balaban J connectivity index is 3.13. The number of rotatable bonds is 5. The molecule has 6 nitrogen and oxygen atoms in total. The zero-order valence-corrected chi connectivity index (χ0v) is 10.1. The Bertz CT molecular complexity index is 486. The van der Waals surface area contributed by atoms with E-state index >= 15 is 0 Å². The maximum atomic E-state index is 12.1. The number of nitrogens with zero attached hydrogens (tertiary/aromatic N) is 2. The van der Waals surface area contributed by atoms with Gasteiger partial charge in [-0.25, -0.2) is 17.2 Å². The first-order chi connectivity index (χ1) is 7.80. The number of nitrogens with one attached hydrogen (secondary N) is 1. The smallest absolute Gasteiger partial charge is 0.262 e. The van der Waals surface area contributed by atoms with Crippen molar-refractivity contribution in [2.45, 2.75) is 25.0 Å². The third-order valence-electron chi connectivity index (χ3n) is 2.24. The molecule has 0 aliphatic rings. The van der Waals surface area contributed by atoms with Gasteiger partial charge in [-0.15, -0.1) is 0 Å². The van der Waals surface area contributed by atoms with Crippen molar-refractivity contribution in [3.05, 3.63) is 11.3 Å². The summed E-state index contributed by atoms with van der Waals surface area (Å²) in [5.41, 5.74) is 0.475. The second kappa shape index (κ2) is 5.07. The summed E-state index contributed by atoms with van der Waals surface area (Å²) in [7, 11) is -3.07. The van der Waals surface area contributed by atoms with E-state index in [0.717, 1.165) is 7.05 Å². The molecule has 0 radical (unpaired) electrons. The van der Waals surface area contributed by atoms with Crippen LogP contribution in [0.1, 0.15) is 11.3 Å². The van der Waals surface area contributed by atoms with Gasteiger partial charge in [-0.3, -0.25) is 5.10 Å². The topological polar surface area (TPSA) is 86.3 Å². The Morgan fingerprint density at radius 3 is 2.59 bits per heavy atom. The van der Waals surface area contributed by atoms with E-state index in [-0.39, 0.29) is 5.56 Å². The summed E-state index contributed by atoms with van der Waals surface area (Å²) < 4.78 is 48.5. The van der Waals surface area contributed by atoms with Crippen LogP contribution in [0.15, 0.2) is 5.03 Å². The molecular weight excluding hydrogens is 256 g/mol. The average Bonchev–Trinajstić information content (AvgIpc) is 2.58. The average molecular weight is 269 g/mol. The Morgan fingerprint density at radius 2 is 2.12 bits per heavy atom. The lowest BCUT2D eigenvalue weighted by Gasteiger charge is -2.15. The van der Waals surface area contributed by atoms with Gasteiger partial charge in [0, 0.05) is 18.3 Å². The minimum absolute atomic E-state index is 0.0890. The normalized spacial score (nSPS) is 12.6. The number of aryl methyl sites for hydroxylation is 1. The molecule has 0 bridgehead atoms. The van der Waals surface area contributed by atoms with Gasteiger partial charge >= 0.3 is 0 Å². The number of H-pyrrole nitrogens is 1. The van der Waals surface area contributed by atoms with Crippen LogP contribution in [0, 0.1) is 6.92 Å². The molecule has 0 unspecified atom stereocenters. The van der Waals surface area contributed by atoms with E-state index in [0.29, 0.717) is 10.00 Å². The lowest BCUT2D eigenvalue weighted by atomic mass is 10.3. The van der Waals surface area contributed by atoms with Crippen molar-refractivity contribution in [1.29, 1.82) is 0 Å². The van der Waals surface area contributed by atoms with Gasteiger partial charge in [0.2, 0.25) is 0 Å². The maximum absolute atomic E-state index is 12.1. The first kappa shape index (κ1) is 14.0. The highest BCUT2D eigenvalue weighted by Gasteiger charge is 2.29. The van der Waals surface area contributed by atoms with Crippen LogP contribution >= 0.6 is 0 Å². The van der Waals surface area contributed by atoms with E-state index in [1.165, 1.54) is 6.92 Å². The minimum Gasteiger partial charge on any atom is -0.392 e. The Hall–Kier alpha value is -1.06. The maximum Gasteiger partial charge on any atom is 0.262 e. The Kier molecular flexibility index (Phi) is 4.17. The van der Waals surface area contributed by atoms with Crippen molar-refractivity contribution in [2.24, 2.45) is 0 Å². The predicted molar refractivity (Wildman–Crippen MR) is 55.1 cm³/mol. The third-order valence-corrected chi connectivity index (χ3v) is 4.04. The number of hydrogen-bond acceptors (Lipinski definition) is 4. The number of alkyl halides is 2. The molecule has 0 aliphatic heterocycles. The molecule has 98 valence electrons. The van der Waals surface area contributed by atoms with Gasteiger partial charge in [0.1, 0.15) is 0 Å². The first-order valence-electron chi connectivity index (χ1n) is 4.70. The molecule has 2 N–H and O–H groups in total. The summed E-state index contributed by atoms with van der Waals surface area (Å²) >= 11 is 0. The predicted octanol–water partition coefficient (Wildman–Crippen LogP) is 0.0960. The van der Waals surface area contributed by atoms with Gasteiger partial charge in [-0.2, -0.15) is 9.40 Å². The van der Waals surface area contributed by atoms with Crippen LogP contribution in [0.25, 0.3) is 0 Å². The number of sulfonamides is 1. The van der Waals surface area contributed by atoms with Crippen molar-refractivity contribution >= 4 is 10.0 Å². The van der Waals surface area contributed by atoms with Crippen LogP contribution in [0.2, 0.25) is 0 Å². The zero-order chi connectivity index (χ0) is 13.2. The Morgan fingerprint density at radius 1 is 1.53 bits per heavy atom. The highest BCUT2D eigenvalue weighted by molar-refractivity contribution is 7.89. The minimum atomic E-state index is -4.10. The van der Waals surface area contributed by atoms with E-state index < -0.39 is 34.6 Å². The lowest BCUT2D eigenvalue weighted by molar-refractivity contribution is 0.126. The molecule has 0 spiro atoms. The molecule has 0 aliphatic carbocycles. The van der Waals surface area contributed by atoms with E-state index in [4.69, 9.17) is 5.11 Å². The number of aromatic nitrogens is 2. The van der Waals surface area contributed by atoms with E-state index in [1.807, 2.05) is 0 Å². The molecule has 0 saturated heterocycles. The van der Waals surface area contributed by atoms with Crippen LogP contribution in [-0.4, -0.2) is 48.0 Å². The number of halogens is 2. The Labute approximate surface area is 97.3 Å². The van der Waals surface area contributed by atoms with Gasteiger partial charge in [0.15, 0.2) is 5.03 Å². The highest BCUT2D eigenvalue weighted by atomic mass is 32.2. The molecule has 1 aromatic heterocycles. The fourth-order valence-corrected chi connectivity index (χ4v) is 2.56. The zero-order valence-electron chi connectivity index (χ0n) is 9.31.